The first-order chi connectivity index (χ1) is 8.65. The Balaban J connectivity index is 2.21. The monoisotopic (exact) mass is 269 g/mol. The third-order valence-electron chi connectivity index (χ3n) is 2.91. The zero-order valence-electron chi connectivity index (χ0n) is 10.2. The van der Waals surface area contributed by atoms with Gasteiger partial charge in [-0.1, -0.05) is 11.8 Å². The average molecular weight is 269 g/mol. The van der Waals surface area contributed by atoms with E-state index in [-0.39, 0.29) is 5.37 Å². The molecule has 18 heavy (non-hydrogen) atoms. The predicted molar refractivity (Wildman–Crippen MR) is 65.5 cm³/mol. The number of hydrogen-bond acceptors (Lipinski definition) is 5. The summed E-state index contributed by atoms with van der Waals surface area (Å²) in [5.41, 5.74) is 0.965. The Morgan fingerprint density at radius 2 is 2.22 bits per heavy atom. The van der Waals surface area contributed by atoms with Crippen LogP contribution in [0.1, 0.15) is 10.9 Å². The van der Waals surface area contributed by atoms with E-state index in [1.807, 2.05) is 12.1 Å². The van der Waals surface area contributed by atoms with Crippen molar-refractivity contribution in [2.24, 2.45) is 0 Å². The summed E-state index contributed by atoms with van der Waals surface area (Å²) in [7, 11) is 3.19. The Kier molecular flexibility index (Phi) is 3.98. The second-order valence-electron chi connectivity index (χ2n) is 3.98. The number of thioether (sulfide) groups is 1. The lowest BCUT2D eigenvalue weighted by Crippen LogP contribution is -2.90. The van der Waals surface area contributed by atoms with E-state index < -0.39 is 12.0 Å². The van der Waals surface area contributed by atoms with E-state index in [0.29, 0.717) is 11.5 Å². The van der Waals surface area contributed by atoms with Crippen molar-refractivity contribution < 1.29 is 24.7 Å². The SMILES string of the molecule is COc1ccc([C@@H]2[NH2+][C@H](C(=O)[O-])CS2)c(OC)c1. The number of carboxylic acid groups (broad SMARTS) is 1. The van der Waals surface area contributed by atoms with Crippen molar-refractivity contribution in [1.82, 2.24) is 0 Å². The van der Waals surface area contributed by atoms with Gasteiger partial charge in [-0.25, -0.2) is 0 Å². The van der Waals surface area contributed by atoms with Crippen LogP contribution in [0.5, 0.6) is 11.5 Å². The molecule has 2 atom stereocenters. The van der Waals surface area contributed by atoms with Crippen molar-refractivity contribution >= 4 is 17.7 Å². The normalized spacial score (nSPS) is 22.8. The second-order valence-corrected chi connectivity index (χ2v) is 5.15. The molecule has 98 valence electrons. The van der Waals surface area contributed by atoms with E-state index in [1.165, 1.54) is 0 Å². The summed E-state index contributed by atoms with van der Waals surface area (Å²) in [5.74, 6) is 0.956. The summed E-state index contributed by atoms with van der Waals surface area (Å²) >= 11 is 1.58. The Bertz CT molecular complexity index is 452. The van der Waals surface area contributed by atoms with Crippen LogP contribution >= 0.6 is 11.8 Å². The number of methoxy groups -OCH3 is 2. The van der Waals surface area contributed by atoms with E-state index >= 15 is 0 Å². The largest absolute Gasteiger partial charge is 0.544 e. The molecule has 6 heteroatoms. The van der Waals surface area contributed by atoms with Crippen LogP contribution in [0, 0.1) is 0 Å². The second kappa shape index (κ2) is 5.49. The Morgan fingerprint density at radius 1 is 1.44 bits per heavy atom. The van der Waals surface area contributed by atoms with Crippen LogP contribution in [0.2, 0.25) is 0 Å². The molecule has 1 aliphatic heterocycles. The van der Waals surface area contributed by atoms with Gasteiger partial charge in [0, 0.05) is 6.07 Å². The Labute approximate surface area is 109 Å². The topological polar surface area (TPSA) is 75.2 Å². The standard InChI is InChI=1S/C12H15NO4S/c1-16-7-3-4-8(10(5-7)17-2)11-13-9(6-18-11)12(14)15/h3-5,9,11,13H,6H2,1-2H3,(H,14,15)/t9-,11+/m0/s1. The van der Waals surface area contributed by atoms with Crippen molar-refractivity contribution in [3.63, 3.8) is 0 Å². The van der Waals surface area contributed by atoms with Gasteiger partial charge < -0.3 is 24.7 Å². The quantitative estimate of drug-likeness (QED) is 0.769. The van der Waals surface area contributed by atoms with Crippen molar-refractivity contribution in [2.75, 3.05) is 20.0 Å². The van der Waals surface area contributed by atoms with E-state index in [0.717, 1.165) is 11.3 Å². The highest BCUT2D eigenvalue weighted by Gasteiger charge is 2.32. The fourth-order valence-corrected chi connectivity index (χ4v) is 3.26. The van der Waals surface area contributed by atoms with E-state index in [1.54, 1.807) is 37.4 Å². The van der Waals surface area contributed by atoms with Crippen LogP contribution in [0.3, 0.4) is 0 Å². The summed E-state index contributed by atoms with van der Waals surface area (Å²) in [4.78, 5) is 10.8. The maximum Gasteiger partial charge on any atom is 0.163 e. The number of hydrogen-bond donors (Lipinski definition) is 1. The van der Waals surface area contributed by atoms with Gasteiger partial charge in [0.2, 0.25) is 0 Å². The van der Waals surface area contributed by atoms with Crippen molar-refractivity contribution in [3.8, 4) is 11.5 Å². The first-order valence-electron chi connectivity index (χ1n) is 5.55. The third kappa shape index (κ3) is 2.54. The van der Waals surface area contributed by atoms with E-state index in [2.05, 4.69) is 0 Å². The number of quaternary nitrogens is 1. The molecule has 0 spiro atoms. The molecule has 0 aliphatic carbocycles. The molecule has 1 aliphatic rings. The van der Waals surface area contributed by atoms with Crippen LogP contribution in [0.15, 0.2) is 18.2 Å². The number of aliphatic carboxylic acids is 1. The summed E-state index contributed by atoms with van der Waals surface area (Å²) in [5, 5.41) is 12.6. The lowest BCUT2D eigenvalue weighted by molar-refractivity contribution is -0.690. The molecule has 2 N–H and O–H groups in total. The van der Waals surface area contributed by atoms with Crippen LogP contribution in [-0.4, -0.2) is 32.0 Å². The van der Waals surface area contributed by atoms with Crippen molar-refractivity contribution in [2.45, 2.75) is 11.4 Å². The van der Waals surface area contributed by atoms with Gasteiger partial charge >= 0.3 is 0 Å². The van der Waals surface area contributed by atoms with Crippen LogP contribution in [0.25, 0.3) is 0 Å². The molecule has 0 aromatic heterocycles. The third-order valence-corrected chi connectivity index (χ3v) is 4.23. The van der Waals surface area contributed by atoms with Crippen molar-refractivity contribution in [1.29, 1.82) is 0 Å². The van der Waals surface area contributed by atoms with Gasteiger partial charge in [0.05, 0.1) is 25.5 Å². The van der Waals surface area contributed by atoms with Gasteiger partial charge in [0.1, 0.15) is 23.5 Å². The first kappa shape index (κ1) is 13.0. The lowest BCUT2D eigenvalue weighted by Gasteiger charge is -2.14. The van der Waals surface area contributed by atoms with Crippen LogP contribution in [0.4, 0.5) is 0 Å². The highest BCUT2D eigenvalue weighted by Crippen LogP contribution is 2.35. The highest BCUT2D eigenvalue weighted by molar-refractivity contribution is 7.99. The minimum Gasteiger partial charge on any atom is -0.544 e. The number of carbonyl (C=O) groups is 1. The van der Waals surface area contributed by atoms with Crippen LogP contribution in [-0.2, 0) is 4.79 Å². The number of carbonyl (C=O) groups excluding carboxylic acids is 1. The fraction of sp³-hybridized carbons (Fsp3) is 0.417. The molecule has 0 saturated carbocycles. The number of rotatable bonds is 4. The molecule has 0 amide bonds. The summed E-state index contributed by atoms with van der Waals surface area (Å²) in [6.07, 6.45) is 0. The molecule has 1 heterocycles. The van der Waals surface area contributed by atoms with Gasteiger partial charge in [0.25, 0.3) is 0 Å². The molecule has 1 fully saturated rings. The molecule has 0 bridgehead atoms. The number of ether oxygens (including phenoxy) is 2. The number of carboxylic acids is 1. The molecule has 1 aromatic rings. The predicted octanol–water partition coefficient (Wildman–Crippen LogP) is -0.869. The number of benzene rings is 1. The zero-order valence-corrected chi connectivity index (χ0v) is 11.0. The first-order valence-corrected chi connectivity index (χ1v) is 6.60. The fourth-order valence-electron chi connectivity index (χ4n) is 1.92. The minimum atomic E-state index is -1.02. The van der Waals surface area contributed by atoms with E-state index in [4.69, 9.17) is 9.47 Å². The molecular formula is C12H15NO4S. The summed E-state index contributed by atoms with van der Waals surface area (Å²) in [6.45, 7) is 0. The van der Waals surface area contributed by atoms with Gasteiger partial charge in [0.15, 0.2) is 5.37 Å². The Hall–Kier alpha value is -1.40. The van der Waals surface area contributed by atoms with E-state index in [9.17, 15) is 9.90 Å². The lowest BCUT2D eigenvalue weighted by atomic mass is 10.1. The average Bonchev–Trinajstić information content (AvgIpc) is 2.87. The van der Waals surface area contributed by atoms with Gasteiger partial charge in [-0.3, -0.25) is 0 Å². The maximum absolute atomic E-state index is 10.8. The molecule has 2 rings (SSSR count). The highest BCUT2D eigenvalue weighted by atomic mass is 32.2. The molecule has 5 nitrogen and oxygen atoms in total. The molecule has 0 radical (unpaired) electrons. The number of nitrogens with two attached hydrogens (primary N) is 1. The minimum absolute atomic E-state index is 0.0220. The van der Waals surface area contributed by atoms with Crippen LogP contribution < -0.4 is 19.9 Å². The molecule has 0 unspecified atom stereocenters. The van der Waals surface area contributed by atoms with Gasteiger partial charge in [-0.05, 0) is 12.1 Å². The Morgan fingerprint density at radius 3 is 2.78 bits per heavy atom. The molecular weight excluding hydrogens is 254 g/mol. The smallest absolute Gasteiger partial charge is 0.163 e. The summed E-state index contributed by atoms with van der Waals surface area (Å²) in [6, 6.07) is 5.06. The zero-order chi connectivity index (χ0) is 13.1. The maximum atomic E-state index is 10.8. The van der Waals surface area contributed by atoms with Crippen molar-refractivity contribution in [3.05, 3.63) is 23.8 Å². The van der Waals surface area contributed by atoms with Gasteiger partial charge in [-0.15, -0.1) is 0 Å². The molecule has 1 aromatic carbocycles. The molecule has 1 saturated heterocycles. The summed E-state index contributed by atoms with van der Waals surface area (Å²) < 4.78 is 10.5. The van der Waals surface area contributed by atoms with Gasteiger partial charge in [-0.2, -0.15) is 0 Å².